The minimum Gasteiger partial charge on any atom is -0.388 e. The number of sulfonamides is 1. The van der Waals surface area contributed by atoms with Gasteiger partial charge in [-0.1, -0.05) is 0 Å². The van der Waals surface area contributed by atoms with Crippen molar-refractivity contribution >= 4 is 15.9 Å². The molecule has 0 bridgehead atoms. The zero-order valence-corrected chi connectivity index (χ0v) is 9.30. The number of hydrogen-bond acceptors (Lipinski definition) is 4. The van der Waals surface area contributed by atoms with Gasteiger partial charge in [-0.05, 0) is 0 Å². The Labute approximate surface area is 84.6 Å². The van der Waals surface area contributed by atoms with E-state index < -0.39 is 10.0 Å². The van der Waals surface area contributed by atoms with E-state index in [-0.39, 0.29) is 31.2 Å². The van der Waals surface area contributed by atoms with Crippen LogP contribution in [0.1, 0.15) is 6.42 Å². The Morgan fingerprint density at radius 1 is 1.57 bits per heavy atom. The molecule has 0 amide bonds. The molecule has 0 unspecified atom stereocenters. The van der Waals surface area contributed by atoms with Gasteiger partial charge in [0.1, 0.15) is 0 Å². The fourth-order valence-electron chi connectivity index (χ4n) is 0.761. The highest BCUT2D eigenvalue weighted by Gasteiger charge is 2.16. The Morgan fingerprint density at radius 2 is 2.14 bits per heavy atom. The third kappa shape index (κ3) is 5.15. The van der Waals surface area contributed by atoms with E-state index in [1.54, 1.807) is 0 Å². The Hall–Kier alpha value is -0.660. The number of nitrogens with one attached hydrogen (secondary N) is 1. The van der Waals surface area contributed by atoms with Crippen LogP contribution in [0.15, 0.2) is 0 Å². The molecule has 84 valence electrons. The number of methoxy groups -OCH3 is 1. The first-order chi connectivity index (χ1) is 6.40. The lowest BCUT2D eigenvalue weighted by atomic mass is 10.4. The smallest absolute Gasteiger partial charge is 0.216 e. The van der Waals surface area contributed by atoms with Crippen molar-refractivity contribution in [3.05, 3.63) is 0 Å². The summed E-state index contributed by atoms with van der Waals surface area (Å²) >= 11 is 0. The van der Waals surface area contributed by atoms with Gasteiger partial charge in [-0.15, -0.1) is 0 Å². The van der Waals surface area contributed by atoms with Crippen LogP contribution in [0, 0.1) is 5.41 Å². The number of rotatable bonds is 7. The Bertz CT molecular complexity index is 276. The first-order valence-electron chi connectivity index (χ1n) is 4.16. The Balaban J connectivity index is 4.08. The predicted molar refractivity (Wildman–Crippen MR) is 54.8 cm³/mol. The van der Waals surface area contributed by atoms with Crippen LogP contribution in [-0.2, 0) is 14.8 Å². The molecule has 0 fully saturated rings. The molecule has 0 aromatic rings. The van der Waals surface area contributed by atoms with Gasteiger partial charge in [0.25, 0.3) is 0 Å². The highest BCUT2D eigenvalue weighted by molar-refractivity contribution is 7.89. The van der Waals surface area contributed by atoms with Crippen LogP contribution < -0.4 is 5.73 Å². The van der Waals surface area contributed by atoms with Crippen LogP contribution in [0.2, 0.25) is 0 Å². The molecule has 0 aromatic heterocycles. The van der Waals surface area contributed by atoms with Gasteiger partial charge in [0, 0.05) is 27.1 Å². The zero-order valence-electron chi connectivity index (χ0n) is 8.49. The van der Waals surface area contributed by atoms with Crippen molar-refractivity contribution in [3.63, 3.8) is 0 Å². The van der Waals surface area contributed by atoms with Gasteiger partial charge < -0.3 is 10.5 Å². The molecule has 0 aromatic carbocycles. The molecule has 0 heterocycles. The number of ether oxygens (including phenoxy) is 1. The van der Waals surface area contributed by atoms with Crippen molar-refractivity contribution < 1.29 is 13.2 Å². The van der Waals surface area contributed by atoms with E-state index in [0.29, 0.717) is 0 Å². The summed E-state index contributed by atoms with van der Waals surface area (Å²) in [7, 11) is -0.346. The van der Waals surface area contributed by atoms with Gasteiger partial charge in [0.05, 0.1) is 18.2 Å². The lowest BCUT2D eigenvalue weighted by Crippen LogP contribution is -2.33. The number of amidine groups is 1. The second-order valence-corrected chi connectivity index (χ2v) is 5.10. The average Bonchev–Trinajstić information content (AvgIpc) is 2.10. The van der Waals surface area contributed by atoms with Crippen LogP contribution in [0.25, 0.3) is 0 Å². The van der Waals surface area contributed by atoms with Crippen LogP contribution in [0.4, 0.5) is 0 Å². The Morgan fingerprint density at radius 3 is 2.57 bits per heavy atom. The first kappa shape index (κ1) is 13.3. The molecule has 0 atom stereocenters. The molecular formula is C7H17N3O3S. The maximum Gasteiger partial charge on any atom is 0.216 e. The molecule has 0 aliphatic heterocycles. The standard InChI is InChI=1S/C7H17N3O3S/c1-10(4-3-7(8)9)14(11,12)6-5-13-2/h3-6H2,1-2H3,(H3,8,9). The van der Waals surface area contributed by atoms with Gasteiger partial charge in [0.2, 0.25) is 10.0 Å². The summed E-state index contributed by atoms with van der Waals surface area (Å²) in [6.07, 6.45) is 0.253. The van der Waals surface area contributed by atoms with Crippen LogP contribution in [0.3, 0.4) is 0 Å². The third-order valence-electron chi connectivity index (χ3n) is 1.72. The second-order valence-electron chi connectivity index (χ2n) is 2.91. The fraction of sp³-hybridized carbons (Fsp3) is 0.857. The van der Waals surface area contributed by atoms with Crippen LogP contribution >= 0.6 is 0 Å². The van der Waals surface area contributed by atoms with Gasteiger partial charge in [-0.3, -0.25) is 5.41 Å². The van der Waals surface area contributed by atoms with Gasteiger partial charge in [0.15, 0.2) is 0 Å². The van der Waals surface area contributed by atoms with Gasteiger partial charge in [-0.25, -0.2) is 12.7 Å². The molecule has 0 saturated carbocycles. The van der Waals surface area contributed by atoms with E-state index in [1.807, 2.05) is 0 Å². The van der Waals surface area contributed by atoms with Crippen molar-refractivity contribution in [2.45, 2.75) is 6.42 Å². The summed E-state index contributed by atoms with van der Waals surface area (Å²) in [5, 5.41) is 6.96. The topological polar surface area (TPSA) is 96.5 Å². The van der Waals surface area contributed by atoms with Crippen molar-refractivity contribution in [1.82, 2.24) is 4.31 Å². The number of nitrogens with two attached hydrogens (primary N) is 1. The quantitative estimate of drug-likeness (QED) is 0.437. The second kappa shape index (κ2) is 5.94. The van der Waals surface area contributed by atoms with Crippen molar-refractivity contribution in [2.75, 3.05) is 33.1 Å². The van der Waals surface area contributed by atoms with E-state index in [4.69, 9.17) is 11.1 Å². The molecule has 14 heavy (non-hydrogen) atoms. The van der Waals surface area contributed by atoms with E-state index in [9.17, 15) is 8.42 Å². The van der Waals surface area contributed by atoms with Gasteiger partial charge >= 0.3 is 0 Å². The normalized spacial score (nSPS) is 11.9. The fourth-order valence-corrected chi connectivity index (χ4v) is 1.82. The molecule has 0 radical (unpaired) electrons. The van der Waals surface area contributed by atoms with E-state index in [1.165, 1.54) is 18.5 Å². The summed E-state index contributed by atoms with van der Waals surface area (Å²) in [4.78, 5) is 0. The monoisotopic (exact) mass is 223 g/mol. The highest BCUT2D eigenvalue weighted by atomic mass is 32.2. The molecule has 0 saturated heterocycles. The molecule has 0 spiro atoms. The molecule has 3 N–H and O–H groups in total. The number of nitrogens with zero attached hydrogens (tertiary/aromatic N) is 1. The average molecular weight is 223 g/mol. The molecular weight excluding hydrogens is 206 g/mol. The minimum absolute atomic E-state index is 0.0150. The van der Waals surface area contributed by atoms with Crippen molar-refractivity contribution in [2.24, 2.45) is 5.73 Å². The summed E-state index contributed by atoms with van der Waals surface area (Å²) in [6, 6.07) is 0. The lowest BCUT2D eigenvalue weighted by molar-refractivity contribution is 0.216. The third-order valence-corrected chi connectivity index (χ3v) is 3.53. The predicted octanol–water partition coefficient (Wildman–Crippen LogP) is -0.780. The summed E-state index contributed by atoms with van der Waals surface area (Å²) in [5.41, 5.74) is 5.12. The molecule has 0 rings (SSSR count). The molecule has 6 nitrogen and oxygen atoms in total. The van der Waals surface area contributed by atoms with E-state index in [2.05, 4.69) is 4.74 Å². The van der Waals surface area contributed by atoms with E-state index in [0.717, 1.165) is 0 Å². The summed E-state index contributed by atoms with van der Waals surface area (Å²) in [6.45, 7) is 0.411. The van der Waals surface area contributed by atoms with E-state index >= 15 is 0 Å². The first-order valence-corrected chi connectivity index (χ1v) is 5.77. The highest BCUT2D eigenvalue weighted by Crippen LogP contribution is 1.99. The summed E-state index contributed by atoms with van der Waals surface area (Å²) < 4.78 is 28.7. The van der Waals surface area contributed by atoms with Crippen molar-refractivity contribution in [3.8, 4) is 0 Å². The van der Waals surface area contributed by atoms with Gasteiger partial charge in [-0.2, -0.15) is 0 Å². The largest absolute Gasteiger partial charge is 0.388 e. The maximum absolute atomic E-state index is 11.4. The molecule has 0 aliphatic rings. The maximum atomic E-state index is 11.4. The zero-order chi connectivity index (χ0) is 11.2. The van der Waals surface area contributed by atoms with Crippen LogP contribution in [0.5, 0.6) is 0 Å². The molecule has 0 aliphatic carbocycles. The minimum atomic E-state index is -3.26. The SMILES string of the molecule is COCCS(=O)(=O)N(C)CCC(=N)N. The Kier molecular flexibility index (Phi) is 5.66. The summed E-state index contributed by atoms with van der Waals surface area (Å²) in [5.74, 6) is -0.0588. The van der Waals surface area contributed by atoms with Crippen molar-refractivity contribution in [1.29, 1.82) is 5.41 Å². The number of hydrogen-bond donors (Lipinski definition) is 2. The van der Waals surface area contributed by atoms with Crippen LogP contribution in [-0.4, -0.2) is 51.6 Å². The molecule has 7 heteroatoms. The lowest BCUT2D eigenvalue weighted by Gasteiger charge is -2.16.